The lowest BCUT2D eigenvalue weighted by molar-refractivity contribution is 0.0506. The first-order valence-electron chi connectivity index (χ1n) is 13.6. The Kier molecular flexibility index (Phi) is 11.6. The van der Waals surface area contributed by atoms with Gasteiger partial charge in [-0.1, -0.05) is 63.6 Å². The Morgan fingerprint density at radius 1 is 0.974 bits per heavy atom. The van der Waals surface area contributed by atoms with Gasteiger partial charge in [-0.15, -0.1) is 0 Å². The number of benzene rings is 2. The van der Waals surface area contributed by atoms with Crippen molar-refractivity contribution in [3.63, 3.8) is 0 Å². The van der Waals surface area contributed by atoms with Gasteiger partial charge in [-0.25, -0.2) is 4.79 Å². The van der Waals surface area contributed by atoms with E-state index in [4.69, 9.17) is 23.1 Å². The van der Waals surface area contributed by atoms with Crippen LogP contribution in [-0.4, -0.2) is 54.9 Å². The second kappa shape index (κ2) is 14.7. The van der Waals surface area contributed by atoms with Crippen molar-refractivity contribution in [1.82, 2.24) is 0 Å². The maximum Gasteiger partial charge on any atom is 0.337 e. The van der Waals surface area contributed by atoms with Gasteiger partial charge in [-0.2, -0.15) is 8.42 Å². The largest absolute Gasteiger partial charge is 0.492 e. The number of carbonyl (C=O) groups excluding carboxylic acids is 1. The second-order valence-electron chi connectivity index (χ2n) is 10.4. The van der Waals surface area contributed by atoms with Crippen molar-refractivity contribution in [3.05, 3.63) is 59.2 Å². The molecule has 9 heteroatoms. The molecule has 2 atom stereocenters. The molecule has 1 aliphatic heterocycles. The fourth-order valence-corrected chi connectivity index (χ4v) is 5.64. The average molecular weight is 563 g/mol. The zero-order valence-corrected chi connectivity index (χ0v) is 24.4. The van der Waals surface area contributed by atoms with Crippen LogP contribution >= 0.6 is 0 Å². The molecule has 3 rings (SSSR count). The molecule has 0 N–H and O–H groups in total. The van der Waals surface area contributed by atoms with Crippen LogP contribution in [0.4, 0.5) is 0 Å². The van der Waals surface area contributed by atoms with Crippen molar-refractivity contribution < 1.29 is 36.3 Å². The van der Waals surface area contributed by atoms with Gasteiger partial charge in [-0.05, 0) is 42.2 Å². The zero-order chi connectivity index (χ0) is 28.3. The number of rotatable bonds is 16. The molecule has 216 valence electrons. The summed E-state index contributed by atoms with van der Waals surface area (Å²) in [4.78, 5) is 12.0. The van der Waals surface area contributed by atoms with Crippen LogP contribution in [0.1, 0.15) is 85.7 Å². The smallest absolute Gasteiger partial charge is 0.337 e. The summed E-state index contributed by atoms with van der Waals surface area (Å²) in [5.74, 6) is 1.44. The summed E-state index contributed by atoms with van der Waals surface area (Å²) in [5.41, 5.74) is 2.55. The monoisotopic (exact) mass is 562 g/mol. The molecular formula is C30H42O8S. The minimum absolute atomic E-state index is 0.178. The van der Waals surface area contributed by atoms with Crippen LogP contribution in [0.25, 0.3) is 0 Å². The third-order valence-corrected chi connectivity index (χ3v) is 8.00. The Bertz CT molecular complexity index is 1160. The molecule has 1 aliphatic rings. The predicted molar refractivity (Wildman–Crippen MR) is 150 cm³/mol. The number of carbonyl (C=O) groups is 1. The Morgan fingerprint density at radius 2 is 1.64 bits per heavy atom. The van der Waals surface area contributed by atoms with Gasteiger partial charge in [0.05, 0.1) is 32.1 Å². The van der Waals surface area contributed by atoms with Crippen LogP contribution < -0.4 is 9.47 Å². The molecule has 0 fully saturated rings. The van der Waals surface area contributed by atoms with E-state index >= 15 is 0 Å². The maximum absolute atomic E-state index is 12.0. The molecule has 1 heterocycles. The lowest BCUT2D eigenvalue weighted by atomic mass is 9.66. The van der Waals surface area contributed by atoms with Crippen LogP contribution in [0.2, 0.25) is 0 Å². The van der Waals surface area contributed by atoms with Crippen molar-refractivity contribution >= 4 is 16.1 Å². The van der Waals surface area contributed by atoms with E-state index in [-0.39, 0.29) is 30.7 Å². The highest BCUT2D eigenvalue weighted by molar-refractivity contribution is 7.85. The fourth-order valence-electron chi connectivity index (χ4n) is 5.22. The molecule has 0 spiro atoms. The zero-order valence-electron chi connectivity index (χ0n) is 23.6. The molecule has 0 aliphatic carbocycles. The SMILES string of the molecule is COCOc1ccc2c(c1)OCC(C)(c1ccc(C(=O)OC)cc1)C2CCCCCCCCCOS(C)(=O)=O. The Labute approximate surface area is 233 Å². The van der Waals surface area contributed by atoms with Gasteiger partial charge in [0.2, 0.25) is 0 Å². The fraction of sp³-hybridized carbons (Fsp3) is 0.567. The van der Waals surface area contributed by atoms with Crippen LogP contribution in [0.3, 0.4) is 0 Å². The number of ether oxygens (including phenoxy) is 4. The summed E-state index contributed by atoms with van der Waals surface area (Å²) in [6.07, 6.45) is 9.35. The molecule has 39 heavy (non-hydrogen) atoms. The summed E-state index contributed by atoms with van der Waals surface area (Å²) >= 11 is 0. The van der Waals surface area contributed by atoms with Gasteiger partial charge < -0.3 is 18.9 Å². The highest BCUT2D eigenvalue weighted by Crippen LogP contribution is 2.49. The Hall–Kier alpha value is -2.62. The van der Waals surface area contributed by atoms with Gasteiger partial charge in [0.25, 0.3) is 10.1 Å². The van der Waals surface area contributed by atoms with Crippen molar-refractivity contribution in [2.75, 3.05) is 40.5 Å². The molecule has 0 saturated heterocycles. The standard InChI is InChI=1S/C30H42O8S/c1-30(24-15-13-23(14-16-24)29(31)35-3)21-36-28-20-25(37-22-34-2)17-18-26(28)27(30)12-10-8-6-5-7-9-11-19-38-39(4,32)33/h13-18,20,27H,5-12,19,21-22H2,1-4H3. The van der Waals surface area contributed by atoms with E-state index < -0.39 is 10.1 Å². The number of esters is 1. The van der Waals surface area contributed by atoms with Crippen LogP contribution in [0, 0.1) is 0 Å². The van der Waals surface area contributed by atoms with Crippen molar-refractivity contribution in [1.29, 1.82) is 0 Å². The summed E-state index contributed by atoms with van der Waals surface area (Å²) < 4.78 is 48.7. The maximum atomic E-state index is 12.0. The number of unbranched alkanes of at least 4 members (excludes halogenated alkanes) is 6. The van der Waals surface area contributed by atoms with Gasteiger partial charge in [0.15, 0.2) is 6.79 Å². The van der Waals surface area contributed by atoms with E-state index in [0.717, 1.165) is 74.5 Å². The Morgan fingerprint density at radius 3 is 2.28 bits per heavy atom. The summed E-state index contributed by atoms with van der Waals surface area (Å²) in [7, 11) is -0.368. The summed E-state index contributed by atoms with van der Waals surface area (Å²) in [6, 6.07) is 13.7. The van der Waals surface area contributed by atoms with Crippen molar-refractivity contribution in [3.8, 4) is 11.5 Å². The van der Waals surface area contributed by atoms with E-state index in [1.165, 1.54) is 7.11 Å². The third-order valence-electron chi connectivity index (χ3n) is 7.40. The molecule has 2 unspecified atom stereocenters. The van der Waals surface area contributed by atoms with Gasteiger partial charge in [-0.3, -0.25) is 4.18 Å². The number of methoxy groups -OCH3 is 2. The quantitative estimate of drug-likeness (QED) is 0.107. The van der Waals surface area contributed by atoms with Crippen molar-refractivity contribution in [2.24, 2.45) is 0 Å². The molecule has 0 saturated carbocycles. The first kappa shape index (κ1) is 30.9. The molecule has 2 aromatic carbocycles. The Balaban J connectivity index is 1.64. The predicted octanol–water partition coefficient (Wildman–Crippen LogP) is 5.99. The van der Waals surface area contributed by atoms with Crippen molar-refractivity contribution in [2.45, 2.75) is 69.6 Å². The topological polar surface area (TPSA) is 97.4 Å². The molecule has 0 radical (unpaired) electrons. The first-order chi connectivity index (χ1) is 18.7. The van der Waals surface area contributed by atoms with Gasteiger partial charge in [0, 0.05) is 24.5 Å². The lowest BCUT2D eigenvalue weighted by Crippen LogP contribution is -2.40. The third kappa shape index (κ3) is 8.95. The van der Waals surface area contributed by atoms with E-state index in [1.807, 2.05) is 36.4 Å². The number of fused-ring (bicyclic) bond motifs is 1. The average Bonchev–Trinajstić information content (AvgIpc) is 2.92. The van der Waals surface area contributed by atoms with E-state index in [1.54, 1.807) is 7.11 Å². The lowest BCUT2D eigenvalue weighted by Gasteiger charge is -2.43. The molecule has 0 aromatic heterocycles. The molecule has 2 aromatic rings. The van der Waals surface area contributed by atoms with Crippen LogP contribution in [-0.2, 0) is 29.2 Å². The highest BCUT2D eigenvalue weighted by Gasteiger charge is 2.42. The molecular weight excluding hydrogens is 520 g/mol. The number of hydrogen-bond donors (Lipinski definition) is 0. The normalized spacial score (nSPS) is 18.7. The van der Waals surface area contributed by atoms with Gasteiger partial charge >= 0.3 is 5.97 Å². The van der Waals surface area contributed by atoms with Crippen LogP contribution in [0.15, 0.2) is 42.5 Å². The highest BCUT2D eigenvalue weighted by atomic mass is 32.2. The summed E-state index contributed by atoms with van der Waals surface area (Å²) in [5, 5.41) is 0. The summed E-state index contributed by atoms with van der Waals surface area (Å²) in [6.45, 7) is 3.20. The number of hydrogen-bond acceptors (Lipinski definition) is 8. The minimum Gasteiger partial charge on any atom is -0.492 e. The molecule has 8 nitrogen and oxygen atoms in total. The molecule has 0 amide bonds. The van der Waals surface area contributed by atoms with E-state index in [2.05, 4.69) is 13.0 Å². The first-order valence-corrected chi connectivity index (χ1v) is 15.4. The van der Waals surface area contributed by atoms with E-state index in [9.17, 15) is 13.2 Å². The second-order valence-corrected chi connectivity index (χ2v) is 12.0. The molecule has 0 bridgehead atoms. The minimum atomic E-state index is -3.35. The van der Waals surface area contributed by atoms with Crippen LogP contribution in [0.5, 0.6) is 11.5 Å². The van der Waals surface area contributed by atoms with Gasteiger partial charge in [0.1, 0.15) is 11.5 Å². The van der Waals surface area contributed by atoms with E-state index in [0.29, 0.717) is 17.9 Å².